The van der Waals surface area contributed by atoms with Gasteiger partial charge >= 0.3 is 0 Å². The molecule has 0 bridgehead atoms. The van der Waals surface area contributed by atoms with E-state index in [-0.39, 0.29) is 11.7 Å². The Morgan fingerprint density at radius 3 is 3.00 bits per heavy atom. The largest absolute Gasteiger partial charge is 0.506 e. The zero-order chi connectivity index (χ0) is 8.72. The third kappa shape index (κ3) is 1.02. The van der Waals surface area contributed by atoms with E-state index >= 15 is 0 Å². The monoisotopic (exact) mass is 183 g/mol. The Morgan fingerprint density at radius 1 is 1.50 bits per heavy atom. The molecule has 62 valence electrons. The second-order valence-electron chi connectivity index (χ2n) is 2.68. The Hall–Kier alpha value is -1.22. The number of hydrogen-bond donors (Lipinski definition) is 2. The Balaban J connectivity index is 2.59. The van der Waals surface area contributed by atoms with Crippen molar-refractivity contribution >= 4 is 23.2 Å². The Kier molecular flexibility index (Phi) is 1.48. The first-order valence-corrected chi connectivity index (χ1v) is 3.86. The fraction of sp³-hybridized carbons (Fsp3) is 0.125. The number of aromatic hydroxyl groups is 1. The topological polar surface area (TPSA) is 49.3 Å². The van der Waals surface area contributed by atoms with Crippen LogP contribution < -0.4 is 5.32 Å². The predicted octanol–water partition coefficient (Wildman–Crippen LogP) is 1.54. The summed E-state index contributed by atoms with van der Waals surface area (Å²) < 4.78 is 0. The molecule has 1 aliphatic heterocycles. The molecule has 0 unspecified atom stereocenters. The molecule has 1 aliphatic rings. The number of benzene rings is 1. The molecule has 1 aromatic carbocycles. The van der Waals surface area contributed by atoms with Gasteiger partial charge in [0.15, 0.2) is 0 Å². The van der Waals surface area contributed by atoms with Gasteiger partial charge in [-0.2, -0.15) is 0 Å². The van der Waals surface area contributed by atoms with E-state index in [4.69, 9.17) is 11.6 Å². The number of phenols is 1. The molecule has 1 amide bonds. The normalized spacial score (nSPS) is 14.2. The summed E-state index contributed by atoms with van der Waals surface area (Å²) in [5.41, 5.74) is 1.24. The first-order valence-electron chi connectivity index (χ1n) is 3.48. The third-order valence-electron chi connectivity index (χ3n) is 1.78. The summed E-state index contributed by atoms with van der Waals surface area (Å²) in [5.74, 6) is -0.0779. The van der Waals surface area contributed by atoms with Gasteiger partial charge < -0.3 is 10.4 Å². The maximum Gasteiger partial charge on any atom is 0.228 e. The van der Waals surface area contributed by atoms with Crippen LogP contribution in [-0.2, 0) is 11.2 Å². The Labute approximate surface area is 74.0 Å². The van der Waals surface area contributed by atoms with E-state index in [1.54, 1.807) is 6.07 Å². The number of rotatable bonds is 0. The second-order valence-corrected chi connectivity index (χ2v) is 3.12. The van der Waals surface area contributed by atoms with Crippen LogP contribution in [0.15, 0.2) is 12.1 Å². The van der Waals surface area contributed by atoms with Crippen molar-refractivity contribution in [2.24, 2.45) is 0 Å². The summed E-state index contributed by atoms with van der Waals surface area (Å²) in [6.45, 7) is 0. The van der Waals surface area contributed by atoms with Gasteiger partial charge in [-0.1, -0.05) is 11.6 Å². The quantitative estimate of drug-likeness (QED) is 0.600. The van der Waals surface area contributed by atoms with Crippen molar-refractivity contribution in [3.63, 3.8) is 0 Å². The fourth-order valence-electron chi connectivity index (χ4n) is 1.29. The number of fused-ring (bicyclic) bond motifs is 1. The van der Waals surface area contributed by atoms with Gasteiger partial charge in [-0.15, -0.1) is 0 Å². The van der Waals surface area contributed by atoms with E-state index in [9.17, 15) is 9.90 Å². The van der Waals surface area contributed by atoms with Crippen molar-refractivity contribution in [1.82, 2.24) is 0 Å². The van der Waals surface area contributed by atoms with Gasteiger partial charge in [0.1, 0.15) is 5.75 Å². The van der Waals surface area contributed by atoms with Gasteiger partial charge in [-0.05, 0) is 11.6 Å². The van der Waals surface area contributed by atoms with Crippen molar-refractivity contribution in [3.8, 4) is 5.75 Å². The molecule has 1 heterocycles. The maximum absolute atomic E-state index is 10.9. The van der Waals surface area contributed by atoms with Crippen molar-refractivity contribution in [2.45, 2.75) is 6.42 Å². The molecule has 1 aromatic rings. The number of carbonyl (C=O) groups is 1. The molecule has 3 nitrogen and oxygen atoms in total. The van der Waals surface area contributed by atoms with Gasteiger partial charge in [0, 0.05) is 11.1 Å². The molecule has 0 spiro atoms. The Bertz CT molecular complexity index is 362. The average molecular weight is 184 g/mol. The van der Waals surface area contributed by atoms with Gasteiger partial charge in [0.2, 0.25) is 5.91 Å². The standard InChI is InChI=1S/C8H6ClNO2/c9-5-1-4-2-7(12)10-8(4)6(11)3-5/h1,3,11H,2H2,(H,10,12). The van der Waals surface area contributed by atoms with Crippen LogP contribution >= 0.6 is 11.6 Å². The van der Waals surface area contributed by atoms with Crippen molar-refractivity contribution in [1.29, 1.82) is 0 Å². The van der Waals surface area contributed by atoms with Crippen LogP contribution in [0.5, 0.6) is 5.75 Å². The number of hydrogen-bond acceptors (Lipinski definition) is 2. The van der Waals surface area contributed by atoms with Crippen LogP contribution in [0.2, 0.25) is 5.02 Å². The molecule has 0 saturated carbocycles. The smallest absolute Gasteiger partial charge is 0.228 e. The number of nitrogens with one attached hydrogen (secondary N) is 1. The predicted molar refractivity (Wildman–Crippen MR) is 45.5 cm³/mol. The van der Waals surface area contributed by atoms with Crippen molar-refractivity contribution in [3.05, 3.63) is 22.7 Å². The SMILES string of the molecule is O=C1Cc2cc(Cl)cc(O)c2N1. The van der Waals surface area contributed by atoms with Crippen LogP contribution in [0.4, 0.5) is 5.69 Å². The van der Waals surface area contributed by atoms with E-state index < -0.39 is 0 Å². The molecule has 4 heteroatoms. The van der Waals surface area contributed by atoms with Gasteiger partial charge in [-0.3, -0.25) is 4.79 Å². The van der Waals surface area contributed by atoms with Crippen LogP contribution in [-0.4, -0.2) is 11.0 Å². The summed E-state index contributed by atoms with van der Waals surface area (Å²) in [6.07, 6.45) is 0.295. The molecule has 2 rings (SSSR count). The highest BCUT2D eigenvalue weighted by Crippen LogP contribution is 2.34. The minimum absolute atomic E-state index is 0.0309. The average Bonchev–Trinajstić information content (AvgIpc) is 2.29. The van der Waals surface area contributed by atoms with Crippen LogP contribution in [0.25, 0.3) is 0 Å². The summed E-state index contributed by atoms with van der Waals surface area (Å²) in [5, 5.41) is 12.3. The summed E-state index contributed by atoms with van der Waals surface area (Å²) >= 11 is 5.68. The number of phenolic OH excluding ortho intramolecular Hbond substituents is 1. The second kappa shape index (κ2) is 2.38. The minimum Gasteiger partial charge on any atom is -0.506 e. The van der Waals surface area contributed by atoms with Crippen LogP contribution in [0, 0.1) is 0 Å². The van der Waals surface area contributed by atoms with Crippen molar-refractivity contribution in [2.75, 3.05) is 5.32 Å². The summed E-state index contributed by atoms with van der Waals surface area (Å²) in [4.78, 5) is 10.9. The molecule has 0 aliphatic carbocycles. The lowest BCUT2D eigenvalue weighted by Crippen LogP contribution is -2.03. The van der Waals surface area contributed by atoms with Gasteiger partial charge in [0.25, 0.3) is 0 Å². The number of halogens is 1. The first-order chi connectivity index (χ1) is 5.66. The first kappa shape index (κ1) is 7.43. The molecule has 0 atom stereocenters. The van der Waals surface area contributed by atoms with Crippen LogP contribution in [0.3, 0.4) is 0 Å². The maximum atomic E-state index is 10.9. The van der Waals surface area contributed by atoms with Gasteiger partial charge in [0.05, 0.1) is 12.1 Å². The van der Waals surface area contributed by atoms with Crippen molar-refractivity contribution < 1.29 is 9.90 Å². The molecule has 0 radical (unpaired) electrons. The lowest BCUT2D eigenvalue weighted by Gasteiger charge is -2.01. The molecule has 0 fully saturated rings. The minimum atomic E-state index is -0.109. The van der Waals surface area contributed by atoms with E-state index in [2.05, 4.69) is 5.32 Å². The highest BCUT2D eigenvalue weighted by molar-refractivity contribution is 6.31. The zero-order valence-corrected chi connectivity index (χ0v) is 6.85. The fourth-order valence-corrected chi connectivity index (χ4v) is 1.52. The highest BCUT2D eigenvalue weighted by Gasteiger charge is 2.20. The van der Waals surface area contributed by atoms with Gasteiger partial charge in [-0.25, -0.2) is 0 Å². The molecular formula is C8H6ClNO2. The lowest BCUT2D eigenvalue weighted by atomic mass is 10.1. The number of anilines is 1. The number of carbonyl (C=O) groups excluding carboxylic acids is 1. The molecule has 0 aromatic heterocycles. The molecule has 12 heavy (non-hydrogen) atoms. The van der Waals surface area contributed by atoms with E-state index in [1.807, 2.05) is 0 Å². The molecule has 2 N–H and O–H groups in total. The summed E-state index contributed by atoms with van der Waals surface area (Å²) in [6, 6.07) is 3.08. The molecular weight excluding hydrogens is 178 g/mol. The zero-order valence-electron chi connectivity index (χ0n) is 6.10. The van der Waals surface area contributed by atoms with E-state index in [0.717, 1.165) is 5.56 Å². The summed E-state index contributed by atoms with van der Waals surface area (Å²) in [7, 11) is 0. The Morgan fingerprint density at radius 2 is 2.25 bits per heavy atom. The number of amides is 1. The lowest BCUT2D eigenvalue weighted by molar-refractivity contribution is -0.115. The van der Waals surface area contributed by atoms with Crippen LogP contribution in [0.1, 0.15) is 5.56 Å². The van der Waals surface area contributed by atoms with E-state index in [0.29, 0.717) is 17.1 Å². The molecule has 0 saturated heterocycles. The van der Waals surface area contributed by atoms with E-state index in [1.165, 1.54) is 6.07 Å². The highest BCUT2D eigenvalue weighted by atomic mass is 35.5. The third-order valence-corrected chi connectivity index (χ3v) is 2.00.